The van der Waals surface area contributed by atoms with Gasteiger partial charge in [-0.1, -0.05) is 48.5 Å². The van der Waals surface area contributed by atoms with Crippen molar-refractivity contribution in [2.75, 3.05) is 6.61 Å². The molecule has 1 amide bonds. The number of carbonyl (C=O) groups excluding carboxylic acids is 1. The molecule has 0 spiro atoms. The zero-order valence-electron chi connectivity index (χ0n) is 14.7. The smallest absolute Gasteiger partial charge is 0.327 e. The lowest BCUT2D eigenvalue weighted by atomic mass is 10.1. The van der Waals surface area contributed by atoms with Crippen molar-refractivity contribution in [1.29, 1.82) is 0 Å². The maximum absolute atomic E-state index is 10.8. The number of hydrogen-bond acceptors (Lipinski definition) is 5. The molecule has 4 N–H and O–H groups in total. The average molecular weight is 403 g/mol. The molecule has 0 bridgehead atoms. The zero-order valence-corrected chi connectivity index (χ0v) is 16.4. The van der Waals surface area contributed by atoms with Crippen LogP contribution in [0.1, 0.15) is 21.7 Å². The fourth-order valence-electron chi connectivity index (χ4n) is 2.17. The maximum atomic E-state index is 10.8. The summed E-state index contributed by atoms with van der Waals surface area (Å²) in [6, 6.07) is 19.7. The van der Waals surface area contributed by atoms with E-state index in [-0.39, 0.29) is 5.91 Å². The van der Waals surface area contributed by atoms with Crippen LogP contribution < -0.4 is 5.73 Å². The van der Waals surface area contributed by atoms with Gasteiger partial charge < -0.3 is 20.0 Å². The van der Waals surface area contributed by atoms with Crippen molar-refractivity contribution < 1.29 is 19.1 Å². The van der Waals surface area contributed by atoms with Gasteiger partial charge >= 0.3 is 8.60 Å². The van der Waals surface area contributed by atoms with E-state index in [9.17, 15) is 4.79 Å². The van der Waals surface area contributed by atoms with Gasteiger partial charge in [0.25, 0.3) is 5.91 Å². The number of carbonyl (C=O) groups is 1. The molecule has 5 nitrogen and oxygen atoms in total. The van der Waals surface area contributed by atoms with Crippen molar-refractivity contribution in [3.05, 3.63) is 71.1 Å². The van der Waals surface area contributed by atoms with E-state index in [0.717, 1.165) is 22.9 Å². The standard InChI is InChI=1S/C9H7NOS.C9H13O3P.C2H2/c10-9(11)8-5-6-3-1-2-4-7(6)12-8;10-13(11)12-8-4-7-9-5-2-1-3-6-9;1-2/h1-5H,(H2,10,11);1-3,5-6,10-11H,4,7-8H2;1-2H. The predicted molar refractivity (Wildman–Crippen MR) is 112 cm³/mol. The van der Waals surface area contributed by atoms with Crippen molar-refractivity contribution in [3.63, 3.8) is 0 Å². The van der Waals surface area contributed by atoms with Crippen molar-refractivity contribution in [2.24, 2.45) is 5.73 Å². The van der Waals surface area contributed by atoms with Crippen LogP contribution in [-0.4, -0.2) is 22.3 Å². The Morgan fingerprint density at radius 1 is 1.07 bits per heavy atom. The molecule has 1 aromatic heterocycles. The Morgan fingerprint density at radius 3 is 2.30 bits per heavy atom. The number of benzene rings is 2. The van der Waals surface area contributed by atoms with E-state index < -0.39 is 8.60 Å². The Kier molecular flexibility index (Phi) is 11.0. The van der Waals surface area contributed by atoms with E-state index in [1.165, 1.54) is 16.9 Å². The number of terminal acetylenes is 1. The summed E-state index contributed by atoms with van der Waals surface area (Å²) in [6.45, 7) is 0.396. The predicted octanol–water partition coefficient (Wildman–Crippen LogP) is 4.10. The molecule has 0 radical (unpaired) electrons. The summed E-state index contributed by atoms with van der Waals surface area (Å²) in [5.74, 6) is -0.351. The van der Waals surface area contributed by atoms with Gasteiger partial charge in [0.1, 0.15) is 0 Å². The first kappa shape index (κ1) is 22.8. The lowest BCUT2D eigenvalue weighted by Crippen LogP contribution is -2.07. The number of nitrogens with two attached hydrogens (primary N) is 1. The second kappa shape index (κ2) is 13.0. The fraction of sp³-hybridized carbons (Fsp3) is 0.150. The minimum Gasteiger partial charge on any atom is -0.365 e. The van der Waals surface area contributed by atoms with Crippen LogP contribution in [0.15, 0.2) is 60.7 Å². The van der Waals surface area contributed by atoms with Gasteiger partial charge in [0, 0.05) is 4.70 Å². The molecule has 0 unspecified atom stereocenters. The van der Waals surface area contributed by atoms with Gasteiger partial charge in [0.15, 0.2) is 0 Å². The number of aryl methyl sites for hydroxylation is 1. The summed E-state index contributed by atoms with van der Waals surface area (Å²) in [7, 11) is -2.18. The fourth-order valence-corrected chi connectivity index (χ4v) is 3.38. The zero-order chi connectivity index (χ0) is 20.1. The van der Waals surface area contributed by atoms with E-state index in [0.29, 0.717) is 11.5 Å². The SMILES string of the molecule is C#C.NC(=O)c1cc2ccccc2s1.OP(O)OCCCc1ccccc1. The van der Waals surface area contributed by atoms with Gasteiger partial charge in [-0.3, -0.25) is 4.79 Å². The van der Waals surface area contributed by atoms with Crippen molar-refractivity contribution >= 4 is 35.9 Å². The highest BCUT2D eigenvalue weighted by Gasteiger charge is 2.04. The number of hydrogen-bond donors (Lipinski definition) is 3. The molecular weight excluding hydrogens is 381 g/mol. The van der Waals surface area contributed by atoms with Crippen LogP contribution in [0.2, 0.25) is 0 Å². The molecule has 27 heavy (non-hydrogen) atoms. The third kappa shape index (κ3) is 8.78. The number of fused-ring (bicyclic) bond motifs is 1. The Hall–Kier alpha value is -2.26. The molecule has 0 saturated heterocycles. The van der Waals surface area contributed by atoms with Crippen LogP contribution in [0.4, 0.5) is 0 Å². The normalized spacial score (nSPS) is 9.81. The summed E-state index contributed by atoms with van der Waals surface area (Å²) < 4.78 is 5.74. The Balaban J connectivity index is 0.000000248. The topological polar surface area (TPSA) is 92.8 Å². The molecule has 0 aliphatic carbocycles. The quantitative estimate of drug-likeness (QED) is 0.328. The molecule has 0 aliphatic heterocycles. The number of rotatable bonds is 6. The van der Waals surface area contributed by atoms with Gasteiger partial charge in [0.05, 0.1) is 11.5 Å². The van der Waals surface area contributed by atoms with Crippen LogP contribution in [0.5, 0.6) is 0 Å². The van der Waals surface area contributed by atoms with E-state index in [2.05, 4.69) is 17.4 Å². The molecule has 0 atom stereocenters. The average Bonchev–Trinajstić information content (AvgIpc) is 3.13. The Morgan fingerprint density at radius 2 is 1.70 bits per heavy atom. The third-order valence-electron chi connectivity index (χ3n) is 3.33. The van der Waals surface area contributed by atoms with Gasteiger partial charge in [0.2, 0.25) is 0 Å². The molecule has 142 valence electrons. The number of amides is 1. The molecule has 1 heterocycles. The van der Waals surface area contributed by atoms with Gasteiger partial charge in [-0.05, 0) is 35.9 Å². The molecular formula is C20H22NO4PS. The number of thiophene rings is 1. The maximum Gasteiger partial charge on any atom is 0.327 e. The van der Waals surface area contributed by atoms with Gasteiger partial charge in [-0.25, -0.2) is 0 Å². The Labute approximate surface area is 164 Å². The van der Waals surface area contributed by atoms with Crippen LogP contribution in [0.3, 0.4) is 0 Å². The highest BCUT2D eigenvalue weighted by atomic mass is 32.1. The first-order valence-corrected chi connectivity index (χ1v) is 10.0. The molecule has 2 aromatic carbocycles. The Bertz CT molecular complexity index is 800. The minimum absolute atomic E-state index is 0.351. The number of primary amides is 1. The highest BCUT2D eigenvalue weighted by molar-refractivity contribution is 7.39. The van der Waals surface area contributed by atoms with Crippen molar-refractivity contribution in [2.45, 2.75) is 12.8 Å². The van der Waals surface area contributed by atoms with Gasteiger partial charge in [-0.15, -0.1) is 24.2 Å². The summed E-state index contributed by atoms with van der Waals surface area (Å²) in [4.78, 5) is 28.3. The molecule has 0 fully saturated rings. The van der Waals surface area contributed by atoms with Crippen LogP contribution >= 0.6 is 19.9 Å². The lowest BCUT2D eigenvalue weighted by molar-refractivity contribution is 0.100. The molecule has 3 rings (SSSR count). The first-order valence-electron chi connectivity index (χ1n) is 8.02. The van der Waals surface area contributed by atoms with Crippen LogP contribution in [0.25, 0.3) is 10.1 Å². The summed E-state index contributed by atoms with van der Waals surface area (Å²) in [5.41, 5.74) is 6.39. The van der Waals surface area contributed by atoms with Gasteiger partial charge in [-0.2, -0.15) is 0 Å². The van der Waals surface area contributed by atoms with Crippen molar-refractivity contribution in [1.82, 2.24) is 0 Å². The lowest BCUT2D eigenvalue weighted by Gasteiger charge is -2.03. The van der Waals surface area contributed by atoms with E-state index >= 15 is 0 Å². The molecule has 0 saturated carbocycles. The van der Waals surface area contributed by atoms with Crippen molar-refractivity contribution in [3.8, 4) is 12.8 Å². The third-order valence-corrected chi connectivity index (χ3v) is 4.87. The largest absolute Gasteiger partial charge is 0.365 e. The first-order chi connectivity index (χ1) is 13.1. The van der Waals surface area contributed by atoms with E-state index in [4.69, 9.17) is 15.5 Å². The molecule has 0 aliphatic rings. The van der Waals surface area contributed by atoms with E-state index in [1.807, 2.05) is 60.7 Å². The minimum atomic E-state index is -2.18. The van der Waals surface area contributed by atoms with Crippen LogP contribution in [-0.2, 0) is 10.9 Å². The monoisotopic (exact) mass is 403 g/mol. The summed E-state index contributed by atoms with van der Waals surface area (Å²) >= 11 is 1.43. The second-order valence-electron chi connectivity index (χ2n) is 5.19. The summed E-state index contributed by atoms with van der Waals surface area (Å²) in [5, 5.41) is 1.08. The summed E-state index contributed by atoms with van der Waals surface area (Å²) in [6.07, 6.45) is 9.72. The van der Waals surface area contributed by atoms with Crippen LogP contribution in [0, 0.1) is 12.8 Å². The van der Waals surface area contributed by atoms with E-state index in [1.54, 1.807) is 0 Å². The highest BCUT2D eigenvalue weighted by Crippen LogP contribution is 2.25. The molecule has 3 aromatic rings. The molecule has 7 heteroatoms. The second-order valence-corrected chi connectivity index (χ2v) is 7.04.